The third-order valence-electron chi connectivity index (χ3n) is 3.35. The first-order chi connectivity index (χ1) is 7.68. The Morgan fingerprint density at radius 1 is 1.50 bits per heavy atom. The van der Waals surface area contributed by atoms with E-state index in [2.05, 4.69) is 5.10 Å². The van der Waals surface area contributed by atoms with Gasteiger partial charge in [0.1, 0.15) is 6.10 Å². The molecule has 1 aliphatic carbocycles. The molecule has 0 amide bonds. The standard InChI is InChI=1S/C12H18N2O2/c1-14-8-10(7-13-14)12(16)11(15)9-5-3-2-4-6-9/h7-9,11,15H,2-6H2,1H3. The monoisotopic (exact) mass is 222 g/mol. The molecule has 16 heavy (non-hydrogen) atoms. The fraction of sp³-hybridized carbons (Fsp3) is 0.667. The lowest BCUT2D eigenvalue weighted by Crippen LogP contribution is -2.30. The van der Waals surface area contributed by atoms with Gasteiger partial charge < -0.3 is 5.11 Å². The average Bonchev–Trinajstić information content (AvgIpc) is 2.75. The maximum atomic E-state index is 12.0. The van der Waals surface area contributed by atoms with Crippen molar-refractivity contribution >= 4 is 5.78 Å². The Labute approximate surface area is 95.3 Å². The van der Waals surface area contributed by atoms with Crippen LogP contribution in [-0.4, -0.2) is 26.8 Å². The maximum Gasteiger partial charge on any atom is 0.194 e. The van der Waals surface area contributed by atoms with Crippen molar-refractivity contribution in [2.75, 3.05) is 0 Å². The number of Topliss-reactive ketones (excluding diaryl/α,β-unsaturated/α-hetero) is 1. The Kier molecular flexibility index (Phi) is 3.39. The molecule has 4 nitrogen and oxygen atoms in total. The Bertz CT molecular complexity index is 367. The maximum absolute atomic E-state index is 12.0. The van der Waals surface area contributed by atoms with Gasteiger partial charge in [-0.2, -0.15) is 5.10 Å². The number of rotatable bonds is 3. The molecule has 1 unspecified atom stereocenters. The molecule has 0 aliphatic heterocycles. The predicted molar refractivity (Wildman–Crippen MR) is 60.1 cm³/mol. The molecule has 0 aromatic carbocycles. The van der Waals surface area contributed by atoms with E-state index in [0.29, 0.717) is 5.56 Å². The molecule has 1 atom stereocenters. The minimum atomic E-state index is -0.843. The molecular weight excluding hydrogens is 204 g/mol. The molecule has 2 rings (SSSR count). The summed E-state index contributed by atoms with van der Waals surface area (Å²) in [7, 11) is 1.77. The molecular formula is C12H18N2O2. The first-order valence-corrected chi connectivity index (χ1v) is 5.89. The number of ketones is 1. The van der Waals surface area contributed by atoms with Gasteiger partial charge in [-0.05, 0) is 18.8 Å². The van der Waals surface area contributed by atoms with Crippen LogP contribution in [0, 0.1) is 5.92 Å². The van der Waals surface area contributed by atoms with Crippen molar-refractivity contribution in [1.82, 2.24) is 9.78 Å². The Hall–Kier alpha value is -1.16. The van der Waals surface area contributed by atoms with Gasteiger partial charge in [0.2, 0.25) is 0 Å². The summed E-state index contributed by atoms with van der Waals surface area (Å²) < 4.78 is 1.58. The van der Waals surface area contributed by atoms with Gasteiger partial charge in [-0.15, -0.1) is 0 Å². The highest BCUT2D eigenvalue weighted by Crippen LogP contribution is 2.27. The van der Waals surface area contributed by atoms with Crippen LogP contribution in [0.2, 0.25) is 0 Å². The SMILES string of the molecule is Cn1cc(C(=O)C(O)C2CCCCC2)cn1. The van der Waals surface area contributed by atoms with Gasteiger partial charge in [0.25, 0.3) is 0 Å². The van der Waals surface area contributed by atoms with Crippen LogP contribution in [0.4, 0.5) is 0 Å². The highest BCUT2D eigenvalue weighted by Gasteiger charge is 2.28. The Morgan fingerprint density at radius 3 is 2.75 bits per heavy atom. The van der Waals surface area contributed by atoms with Gasteiger partial charge in [-0.3, -0.25) is 9.48 Å². The van der Waals surface area contributed by atoms with Crippen LogP contribution in [0.3, 0.4) is 0 Å². The number of hydrogen-bond acceptors (Lipinski definition) is 3. The van der Waals surface area contributed by atoms with E-state index in [-0.39, 0.29) is 11.7 Å². The molecule has 88 valence electrons. The van der Waals surface area contributed by atoms with Crippen LogP contribution in [0.15, 0.2) is 12.4 Å². The van der Waals surface area contributed by atoms with Crippen LogP contribution < -0.4 is 0 Å². The minimum Gasteiger partial charge on any atom is -0.385 e. The third kappa shape index (κ3) is 2.32. The molecule has 1 fully saturated rings. The summed E-state index contributed by atoms with van der Waals surface area (Å²) in [5.41, 5.74) is 0.514. The second kappa shape index (κ2) is 4.78. The molecule has 1 aromatic heterocycles. The normalized spacial score (nSPS) is 19.6. The van der Waals surface area contributed by atoms with Crippen molar-refractivity contribution in [3.8, 4) is 0 Å². The van der Waals surface area contributed by atoms with Gasteiger partial charge in [-0.25, -0.2) is 0 Å². The van der Waals surface area contributed by atoms with Crippen molar-refractivity contribution < 1.29 is 9.90 Å². The molecule has 1 aromatic rings. The number of hydrogen-bond donors (Lipinski definition) is 1. The Balaban J connectivity index is 2.03. The molecule has 1 saturated carbocycles. The van der Waals surface area contributed by atoms with Crippen LogP contribution in [0.5, 0.6) is 0 Å². The lowest BCUT2D eigenvalue weighted by Gasteiger charge is -2.25. The third-order valence-corrected chi connectivity index (χ3v) is 3.35. The van der Waals surface area contributed by atoms with Crippen LogP contribution in [0.25, 0.3) is 0 Å². The Morgan fingerprint density at radius 2 is 2.19 bits per heavy atom. The van der Waals surface area contributed by atoms with Crippen LogP contribution in [0.1, 0.15) is 42.5 Å². The number of aliphatic hydroxyl groups excluding tert-OH is 1. The highest BCUT2D eigenvalue weighted by molar-refractivity contribution is 5.99. The zero-order valence-electron chi connectivity index (χ0n) is 9.59. The molecule has 4 heteroatoms. The van der Waals surface area contributed by atoms with Crippen LogP contribution in [-0.2, 0) is 7.05 Å². The summed E-state index contributed by atoms with van der Waals surface area (Å²) in [6.07, 6.45) is 7.75. The second-order valence-electron chi connectivity index (χ2n) is 4.61. The average molecular weight is 222 g/mol. The van der Waals surface area contributed by atoms with Gasteiger partial charge in [0.15, 0.2) is 5.78 Å². The van der Waals surface area contributed by atoms with E-state index in [1.807, 2.05) is 0 Å². The van der Waals surface area contributed by atoms with E-state index < -0.39 is 6.10 Å². The van der Waals surface area contributed by atoms with Gasteiger partial charge in [0.05, 0.1) is 11.8 Å². The lowest BCUT2D eigenvalue weighted by atomic mass is 9.83. The first-order valence-electron chi connectivity index (χ1n) is 5.89. The summed E-state index contributed by atoms with van der Waals surface area (Å²) in [5, 5.41) is 14.0. The fourth-order valence-electron chi connectivity index (χ4n) is 2.38. The summed E-state index contributed by atoms with van der Waals surface area (Å²) in [6.45, 7) is 0. The number of nitrogens with zero attached hydrogens (tertiary/aromatic N) is 2. The second-order valence-corrected chi connectivity index (χ2v) is 4.61. The minimum absolute atomic E-state index is 0.140. The molecule has 0 radical (unpaired) electrons. The summed E-state index contributed by atoms with van der Waals surface area (Å²) in [4.78, 5) is 12.0. The summed E-state index contributed by atoms with van der Waals surface area (Å²) in [5.74, 6) is -0.0403. The van der Waals surface area contributed by atoms with E-state index in [0.717, 1.165) is 25.7 Å². The van der Waals surface area contributed by atoms with Crippen LogP contribution >= 0.6 is 0 Å². The quantitative estimate of drug-likeness (QED) is 0.789. The largest absolute Gasteiger partial charge is 0.385 e. The first kappa shape index (κ1) is 11.3. The highest BCUT2D eigenvalue weighted by atomic mass is 16.3. The molecule has 0 spiro atoms. The van der Waals surface area contributed by atoms with Gasteiger partial charge in [0, 0.05) is 13.2 Å². The number of carbonyl (C=O) groups is 1. The smallest absolute Gasteiger partial charge is 0.194 e. The van der Waals surface area contributed by atoms with E-state index >= 15 is 0 Å². The van der Waals surface area contributed by atoms with E-state index in [4.69, 9.17) is 0 Å². The number of aryl methyl sites for hydroxylation is 1. The van der Waals surface area contributed by atoms with Gasteiger partial charge in [-0.1, -0.05) is 19.3 Å². The van der Waals surface area contributed by atoms with Crippen molar-refractivity contribution in [3.05, 3.63) is 18.0 Å². The van der Waals surface area contributed by atoms with E-state index in [9.17, 15) is 9.90 Å². The van der Waals surface area contributed by atoms with E-state index in [1.165, 1.54) is 12.6 Å². The van der Waals surface area contributed by atoms with Crippen molar-refractivity contribution in [2.45, 2.75) is 38.2 Å². The van der Waals surface area contributed by atoms with Crippen molar-refractivity contribution in [1.29, 1.82) is 0 Å². The number of carbonyl (C=O) groups excluding carboxylic acids is 1. The molecule has 1 heterocycles. The summed E-state index contributed by atoms with van der Waals surface area (Å²) >= 11 is 0. The van der Waals surface area contributed by atoms with Gasteiger partial charge >= 0.3 is 0 Å². The number of aliphatic hydroxyl groups is 1. The zero-order valence-corrected chi connectivity index (χ0v) is 9.59. The van der Waals surface area contributed by atoms with Crippen molar-refractivity contribution in [2.24, 2.45) is 13.0 Å². The fourth-order valence-corrected chi connectivity index (χ4v) is 2.38. The summed E-state index contributed by atoms with van der Waals surface area (Å²) in [6, 6.07) is 0. The molecule has 1 N–H and O–H groups in total. The van der Waals surface area contributed by atoms with E-state index in [1.54, 1.807) is 17.9 Å². The molecule has 1 aliphatic rings. The van der Waals surface area contributed by atoms with Crippen molar-refractivity contribution in [3.63, 3.8) is 0 Å². The number of aromatic nitrogens is 2. The lowest BCUT2D eigenvalue weighted by molar-refractivity contribution is 0.0534. The molecule has 0 bridgehead atoms. The molecule has 0 saturated heterocycles. The predicted octanol–water partition coefficient (Wildman–Crippen LogP) is 1.54. The zero-order chi connectivity index (χ0) is 11.5. The topological polar surface area (TPSA) is 55.1 Å².